The van der Waals surface area contributed by atoms with E-state index in [1.165, 1.54) is 17.0 Å². The van der Waals surface area contributed by atoms with E-state index < -0.39 is 5.67 Å². The Bertz CT molecular complexity index is 1590. The van der Waals surface area contributed by atoms with Crippen LogP contribution in [-0.4, -0.2) is 19.1 Å². The highest BCUT2D eigenvalue weighted by Crippen LogP contribution is 2.42. The molecule has 34 heavy (non-hydrogen) atoms. The number of benzene rings is 2. The Balaban J connectivity index is 1.84. The molecule has 0 spiro atoms. The van der Waals surface area contributed by atoms with Crippen molar-refractivity contribution in [1.29, 1.82) is 0 Å². The van der Waals surface area contributed by atoms with Crippen LogP contribution in [0.25, 0.3) is 22.2 Å². The molecule has 170 valence electrons. The van der Waals surface area contributed by atoms with Crippen molar-refractivity contribution in [3.8, 4) is 11.1 Å². The molecule has 0 bridgehead atoms. The summed E-state index contributed by atoms with van der Waals surface area (Å²) in [5, 5.41) is 1.20. The third kappa shape index (κ3) is 3.51. The first-order valence-electron chi connectivity index (χ1n) is 10.8. The van der Waals surface area contributed by atoms with Crippen LogP contribution in [0.2, 0.25) is 5.02 Å². The number of alkyl halides is 1. The van der Waals surface area contributed by atoms with Gasteiger partial charge in [-0.15, -0.1) is 0 Å². The summed E-state index contributed by atoms with van der Waals surface area (Å²) in [5.74, 6) is 0. The molecule has 3 aromatic heterocycles. The van der Waals surface area contributed by atoms with Crippen molar-refractivity contribution in [2.24, 2.45) is 14.1 Å². The first-order chi connectivity index (χ1) is 16.3. The number of hydrogen-bond donors (Lipinski definition) is 0. The lowest BCUT2D eigenvalue weighted by Crippen LogP contribution is -2.27. The van der Waals surface area contributed by atoms with Crippen molar-refractivity contribution >= 4 is 22.6 Å². The van der Waals surface area contributed by atoms with Crippen molar-refractivity contribution in [3.63, 3.8) is 0 Å². The van der Waals surface area contributed by atoms with E-state index in [4.69, 9.17) is 11.6 Å². The van der Waals surface area contributed by atoms with Gasteiger partial charge in [0, 0.05) is 42.3 Å². The Morgan fingerprint density at radius 3 is 2.41 bits per heavy atom. The van der Waals surface area contributed by atoms with Gasteiger partial charge in [0.15, 0.2) is 0 Å². The van der Waals surface area contributed by atoms with Gasteiger partial charge in [-0.05, 0) is 41.8 Å². The van der Waals surface area contributed by atoms with E-state index in [1.54, 1.807) is 61.4 Å². The number of fused-ring (bicyclic) bond motifs is 1. The third-order valence-electron chi connectivity index (χ3n) is 6.21. The first-order valence-corrected chi connectivity index (χ1v) is 11.2. The Morgan fingerprint density at radius 2 is 1.74 bits per heavy atom. The molecular weight excluding hydrogens is 451 g/mol. The zero-order chi connectivity index (χ0) is 24.0. The molecule has 2 aromatic carbocycles. The van der Waals surface area contributed by atoms with Crippen molar-refractivity contribution in [3.05, 3.63) is 117 Å². The second kappa shape index (κ2) is 8.22. The molecule has 5 nitrogen and oxygen atoms in total. The average Bonchev–Trinajstić information content (AvgIpc) is 3.27. The van der Waals surface area contributed by atoms with Gasteiger partial charge in [0.1, 0.15) is 5.65 Å². The summed E-state index contributed by atoms with van der Waals surface area (Å²) in [6.45, 7) is 1.99. The van der Waals surface area contributed by atoms with Crippen LogP contribution in [0.4, 0.5) is 4.39 Å². The highest BCUT2D eigenvalue weighted by Gasteiger charge is 2.40. The molecule has 7 heteroatoms. The minimum atomic E-state index is -2.05. The molecule has 0 amide bonds. The van der Waals surface area contributed by atoms with Crippen molar-refractivity contribution in [1.82, 2.24) is 19.1 Å². The highest BCUT2D eigenvalue weighted by atomic mass is 35.5. The summed E-state index contributed by atoms with van der Waals surface area (Å²) in [6.07, 6.45) is 4.57. The number of aryl methyl sites for hydroxylation is 3. The maximum absolute atomic E-state index is 17.3. The van der Waals surface area contributed by atoms with Crippen LogP contribution in [0.15, 0.2) is 84.2 Å². The van der Waals surface area contributed by atoms with Gasteiger partial charge in [-0.3, -0.25) is 9.36 Å². The zero-order valence-corrected chi connectivity index (χ0v) is 19.7. The van der Waals surface area contributed by atoms with E-state index in [0.29, 0.717) is 38.4 Å². The molecule has 0 saturated carbocycles. The quantitative estimate of drug-likeness (QED) is 0.344. The number of rotatable bonds is 4. The van der Waals surface area contributed by atoms with Crippen LogP contribution in [0.1, 0.15) is 22.4 Å². The highest BCUT2D eigenvalue weighted by molar-refractivity contribution is 6.30. The van der Waals surface area contributed by atoms with Crippen LogP contribution in [0, 0.1) is 6.92 Å². The minimum Gasteiger partial charge on any atom is -0.334 e. The normalized spacial score (nSPS) is 13.2. The van der Waals surface area contributed by atoms with Crippen LogP contribution < -0.4 is 5.56 Å². The Kier molecular flexibility index (Phi) is 5.33. The minimum absolute atomic E-state index is 0.180. The number of imidazole rings is 1. The van der Waals surface area contributed by atoms with Crippen molar-refractivity contribution in [2.75, 3.05) is 0 Å². The van der Waals surface area contributed by atoms with Crippen LogP contribution in [0.3, 0.4) is 0 Å². The number of nitrogens with zero attached hydrogens (tertiary/aromatic N) is 4. The second-order valence-corrected chi connectivity index (χ2v) is 8.91. The predicted molar refractivity (Wildman–Crippen MR) is 133 cm³/mol. The summed E-state index contributed by atoms with van der Waals surface area (Å²) in [7, 11) is 3.42. The van der Waals surface area contributed by atoms with Crippen LogP contribution in [-0.2, 0) is 19.8 Å². The lowest BCUT2D eigenvalue weighted by atomic mass is 9.85. The van der Waals surface area contributed by atoms with Gasteiger partial charge in [0.2, 0.25) is 5.67 Å². The number of hydrogen-bond acceptors (Lipinski definition) is 3. The van der Waals surface area contributed by atoms with Crippen molar-refractivity contribution in [2.45, 2.75) is 12.6 Å². The fourth-order valence-electron chi connectivity index (χ4n) is 4.40. The largest absolute Gasteiger partial charge is 0.334 e. The van der Waals surface area contributed by atoms with E-state index >= 15 is 4.39 Å². The molecule has 0 aliphatic heterocycles. The summed E-state index contributed by atoms with van der Waals surface area (Å²) in [4.78, 5) is 21.4. The van der Waals surface area contributed by atoms with Gasteiger partial charge in [0.25, 0.3) is 5.56 Å². The van der Waals surface area contributed by atoms with E-state index in [-0.39, 0.29) is 5.56 Å². The number of pyridine rings is 2. The summed E-state index contributed by atoms with van der Waals surface area (Å²) < 4.78 is 20.4. The molecule has 5 rings (SSSR count). The van der Waals surface area contributed by atoms with Crippen LogP contribution >= 0.6 is 11.6 Å². The predicted octanol–water partition coefficient (Wildman–Crippen LogP) is 5.56. The number of aromatic nitrogens is 4. The molecule has 0 fully saturated rings. The molecule has 0 N–H and O–H groups in total. The van der Waals surface area contributed by atoms with Gasteiger partial charge < -0.3 is 4.57 Å². The molecule has 0 unspecified atom stereocenters. The van der Waals surface area contributed by atoms with Gasteiger partial charge in [-0.2, -0.15) is 0 Å². The van der Waals surface area contributed by atoms with E-state index in [1.807, 2.05) is 31.2 Å². The van der Waals surface area contributed by atoms with E-state index in [2.05, 4.69) is 9.97 Å². The summed E-state index contributed by atoms with van der Waals surface area (Å²) >= 11 is 6.09. The first kappa shape index (κ1) is 22.0. The van der Waals surface area contributed by atoms with E-state index in [9.17, 15) is 4.79 Å². The zero-order valence-electron chi connectivity index (χ0n) is 19.0. The fourth-order valence-corrected chi connectivity index (χ4v) is 4.52. The Hall–Kier alpha value is -3.77. The SMILES string of the molecule is Cc1cccc(-c2cc(=O)n(C)c3ncc([C@](F)(c4ccc(Cl)cc4)c4cncn4C)cc23)c1. The lowest BCUT2D eigenvalue weighted by Gasteiger charge is -2.27. The maximum atomic E-state index is 17.3. The fraction of sp³-hybridized carbons (Fsp3) is 0.148. The monoisotopic (exact) mass is 472 g/mol. The van der Waals surface area contributed by atoms with Crippen molar-refractivity contribution < 1.29 is 4.39 Å². The van der Waals surface area contributed by atoms with Gasteiger partial charge in [-0.25, -0.2) is 14.4 Å². The van der Waals surface area contributed by atoms with Gasteiger partial charge in [0.05, 0.1) is 18.2 Å². The second-order valence-electron chi connectivity index (χ2n) is 8.48. The lowest BCUT2D eigenvalue weighted by molar-refractivity contribution is 0.266. The summed E-state index contributed by atoms with van der Waals surface area (Å²) in [5.41, 5.74) is 2.00. The molecular formula is C27H22ClFN4O. The molecule has 0 saturated heterocycles. The third-order valence-corrected chi connectivity index (χ3v) is 6.46. The maximum Gasteiger partial charge on any atom is 0.252 e. The molecule has 0 aliphatic carbocycles. The Labute approximate surface area is 201 Å². The summed E-state index contributed by atoms with van der Waals surface area (Å²) in [6, 6.07) is 17.9. The van der Waals surface area contributed by atoms with Gasteiger partial charge >= 0.3 is 0 Å². The smallest absolute Gasteiger partial charge is 0.252 e. The molecule has 0 radical (unpaired) electrons. The molecule has 0 aliphatic rings. The topological polar surface area (TPSA) is 52.7 Å². The van der Waals surface area contributed by atoms with E-state index in [0.717, 1.165) is 11.1 Å². The van der Waals surface area contributed by atoms with Crippen LogP contribution in [0.5, 0.6) is 0 Å². The standard InChI is InChI=1S/C27H22ClFN4O/c1-17-5-4-6-18(11-17)22-13-25(34)33(3)26-23(22)12-20(14-31-26)27(29,24-15-30-16-32(24)2)19-7-9-21(28)10-8-19/h4-16H,1-3H3/t27-/m1/s1. The molecule has 5 aromatic rings. The number of halogens is 2. The van der Waals surface area contributed by atoms with Gasteiger partial charge in [-0.1, -0.05) is 53.6 Å². The molecule has 3 heterocycles. The molecule has 1 atom stereocenters. The Morgan fingerprint density at radius 1 is 0.971 bits per heavy atom. The average molecular weight is 473 g/mol.